The maximum atomic E-state index is 5.56. The first-order chi connectivity index (χ1) is 8.88. The van der Waals surface area contributed by atoms with Gasteiger partial charge in [-0.2, -0.15) is 0 Å². The van der Waals surface area contributed by atoms with Gasteiger partial charge in [0.25, 0.3) is 0 Å². The predicted molar refractivity (Wildman–Crippen MR) is 79.1 cm³/mol. The summed E-state index contributed by atoms with van der Waals surface area (Å²) in [5.74, 6) is 0. The largest absolute Gasteiger partial charge is 0.330 e. The number of nitrogens with zero attached hydrogens (tertiary/aromatic N) is 1. The lowest BCUT2D eigenvalue weighted by molar-refractivity contribution is 0.253. The molecule has 2 heterocycles. The molecule has 18 heavy (non-hydrogen) atoms. The molecule has 2 aromatic rings. The summed E-state index contributed by atoms with van der Waals surface area (Å²) in [6.45, 7) is 4.37. The number of fused-ring (bicyclic) bond motifs is 3. The molecule has 3 heteroatoms. The summed E-state index contributed by atoms with van der Waals surface area (Å²) in [5.41, 5.74) is 7.16. The standard InChI is InChI=1S/C15H20N2S/c16-8-3-4-9-17-10-7-13-12-5-1-2-6-14(12)18-15(13)11-17/h1-2,5-6H,3-4,7-11,16H2. The molecule has 0 fully saturated rings. The second-order valence-corrected chi connectivity index (χ2v) is 6.16. The Morgan fingerprint density at radius 1 is 1.22 bits per heavy atom. The molecule has 1 aromatic heterocycles. The van der Waals surface area contributed by atoms with E-state index in [2.05, 4.69) is 29.2 Å². The molecule has 1 aromatic carbocycles. The molecule has 3 rings (SSSR count). The average molecular weight is 260 g/mol. The molecule has 0 unspecified atom stereocenters. The van der Waals surface area contributed by atoms with Gasteiger partial charge in [-0.25, -0.2) is 0 Å². The Bertz CT molecular complexity index is 532. The van der Waals surface area contributed by atoms with Crippen LogP contribution in [0.1, 0.15) is 23.3 Å². The molecule has 0 atom stereocenters. The number of rotatable bonds is 4. The van der Waals surface area contributed by atoms with E-state index in [1.807, 2.05) is 11.3 Å². The van der Waals surface area contributed by atoms with Gasteiger partial charge in [0.15, 0.2) is 0 Å². The van der Waals surface area contributed by atoms with Gasteiger partial charge in [-0.05, 0) is 49.4 Å². The van der Waals surface area contributed by atoms with Crippen LogP contribution in [0.4, 0.5) is 0 Å². The zero-order valence-electron chi connectivity index (χ0n) is 10.7. The zero-order valence-corrected chi connectivity index (χ0v) is 11.5. The van der Waals surface area contributed by atoms with Gasteiger partial charge in [0.2, 0.25) is 0 Å². The van der Waals surface area contributed by atoms with Crippen LogP contribution in [-0.2, 0) is 13.0 Å². The minimum absolute atomic E-state index is 0.821. The fraction of sp³-hybridized carbons (Fsp3) is 0.467. The Hall–Kier alpha value is -0.900. The molecule has 0 spiro atoms. The summed E-state index contributed by atoms with van der Waals surface area (Å²) in [7, 11) is 0. The van der Waals surface area contributed by atoms with Crippen LogP contribution in [0.3, 0.4) is 0 Å². The molecular formula is C15H20N2S. The maximum Gasteiger partial charge on any atom is 0.0349 e. The SMILES string of the molecule is NCCCCN1CCc2c(sc3ccccc23)C1. The van der Waals surface area contributed by atoms with Crippen molar-refractivity contribution >= 4 is 21.4 Å². The van der Waals surface area contributed by atoms with Crippen molar-refractivity contribution in [3.05, 3.63) is 34.7 Å². The topological polar surface area (TPSA) is 29.3 Å². The Labute approximate surface area is 112 Å². The number of unbranched alkanes of at least 4 members (excludes halogenated alkanes) is 1. The van der Waals surface area contributed by atoms with E-state index in [0.717, 1.165) is 19.5 Å². The summed E-state index contributed by atoms with van der Waals surface area (Å²) in [6.07, 6.45) is 3.59. The van der Waals surface area contributed by atoms with E-state index < -0.39 is 0 Å². The Kier molecular flexibility index (Phi) is 3.64. The predicted octanol–water partition coefficient (Wildman–Crippen LogP) is 3.00. The third kappa shape index (κ3) is 2.30. The van der Waals surface area contributed by atoms with Crippen LogP contribution in [0, 0.1) is 0 Å². The van der Waals surface area contributed by atoms with Crippen LogP contribution in [0.5, 0.6) is 0 Å². The van der Waals surface area contributed by atoms with Crippen molar-refractivity contribution < 1.29 is 0 Å². The molecule has 0 aliphatic carbocycles. The molecular weight excluding hydrogens is 240 g/mol. The Balaban J connectivity index is 1.76. The molecule has 2 nitrogen and oxygen atoms in total. The third-order valence-corrected chi connectivity index (χ3v) is 4.95. The number of thiophene rings is 1. The first-order valence-electron chi connectivity index (χ1n) is 6.80. The van der Waals surface area contributed by atoms with Crippen LogP contribution in [0.15, 0.2) is 24.3 Å². The van der Waals surface area contributed by atoms with Crippen LogP contribution in [0.25, 0.3) is 10.1 Å². The van der Waals surface area contributed by atoms with Crippen LogP contribution in [-0.4, -0.2) is 24.5 Å². The van der Waals surface area contributed by atoms with E-state index in [9.17, 15) is 0 Å². The van der Waals surface area contributed by atoms with Crippen molar-refractivity contribution in [1.82, 2.24) is 4.90 Å². The first kappa shape index (κ1) is 12.2. The van der Waals surface area contributed by atoms with E-state index >= 15 is 0 Å². The Morgan fingerprint density at radius 3 is 3.00 bits per heavy atom. The number of nitrogens with two attached hydrogens (primary N) is 1. The Morgan fingerprint density at radius 2 is 2.11 bits per heavy atom. The molecule has 2 N–H and O–H groups in total. The minimum atomic E-state index is 0.821. The highest BCUT2D eigenvalue weighted by atomic mass is 32.1. The van der Waals surface area contributed by atoms with Crippen molar-refractivity contribution in [2.24, 2.45) is 5.73 Å². The molecule has 96 valence electrons. The number of benzene rings is 1. The highest BCUT2D eigenvalue weighted by molar-refractivity contribution is 7.19. The highest BCUT2D eigenvalue weighted by Crippen LogP contribution is 2.34. The average Bonchev–Trinajstić information content (AvgIpc) is 2.76. The van der Waals surface area contributed by atoms with Crippen molar-refractivity contribution in [3.63, 3.8) is 0 Å². The summed E-state index contributed by atoms with van der Waals surface area (Å²) in [5, 5.41) is 1.49. The van der Waals surface area contributed by atoms with Gasteiger partial charge in [-0.1, -0.05) is 18.2 Å². The van der Waals surface area contributed by atoms with Gasteiger partial charge in [-0.15, -0.1) is 11.3 Å². The summed E-state index contributed by atoms with van der Waals surface area (Å²) < 4.78 is 1.45. The van der Waals surface area contributed by atoms with Gasteiger partial charge in [0, 0.05) is 22.7 Å². The van der Waals surface area contributed by atoms with Crippen molar-refractivity contribution in [1.29, 1.82) is 0 Å². The first-order valence-corrected chi connectivity index (χ1v) is 7.62. The van der Waals surface area contributed by atoms with Crippen LogP contribution < -0.4 is 5.73 Å². The lowest BCUT2D eigenvalue weighted by atomic mass is 10.0. The third-order valence-electron chi connectivity index (χ3n) is 3.76. The summed E-state index contributed by atoms with van der Waals surface area (Å²) in [6, 6.07) is 8.82. The second kappa shape index (κ2) is 5.39. The van der Waals surface area contributed by atoms with Crippen molar-refractivity contribution in [2.75, 3.05) is 19.6 Å². The molecule has 0 radical (unpaired) electrons. The van der Waals surface area contributed by atoms with Gasteiger partial charge in [0.05, 0.1) is 0 Å². The molecule has 0 amide bonds. The minimum Gasteiger partial charge on any atom is -0.330 e. The quantitative estimate of drug-likeness (QED) is 0.856. The van der Waals surface area contributed by atoms with Crippen molar-refractivity contribution in [2.45, 2.75) is 25.8 Å². The molecule has 1 aliphatic heterocycles. The van der Waals surface area contributed by atoms with Crippen LogP contribution >= 0.6 is 11.3 Å². The molecule has 1 aliphatic rings. The zero-order chi connectivity index (χ0) is 12.4. The van der Waals surface area contributed by atoms with E-state index in [4.69, 9.17) is 5.73 Å². The maximum absolute atomic E-state index is 5.56. The summed E-state index contributed by atoms with van der Waals surface area (Å²) >= 11 is 1.98. The van der Waals surface area contributed by atoms with Crippen LogP contribution in [0.2, 0.25) is 0 Å². The van der Waals surface area contributed by atoms with Crippen molar-refractivity contribution in [3.8, 4) is 0 Å². The fourth-order valence-electron chi connectivity index (χ4n) is 2.77. The lowest BCUT2D eigenvalue weighted by Crippen LogP contribution is -2.30. The number of hydrogen-bond acceptors (Lipinski definition) is 3. The fourth-order valence-corrected chi connectivity index (χ4v) is 4.07. The monoisotopic (exact) mass is 260 g/mol. The van der Waals surface area contributed by atoms with E-state index in [-0.39, 0.29) is 0 Å². The highest BCUT2D eigenvalue weighted by Gasteiger charge is 2.19. The van der Waals surface area contributed by atoms with Gasteiger partial charge < -0.3 is 5.73 Å². The second-order valence-electron chi connectivity index (χ2n) is 5.02. The summed E-state index contributed by atoms with van der Waals surface area (Å²) in [4.78, 5) is 4.16. The molecule has 0 bridgehead atoms. The van der Waals surface area contributed by atoms with E-state index in [0.29, 0.717) is 0 Å². The van der Waals surface area contributed by atoms with Gasteiger partial charge in [0.1, 0.15) is 0 Å². The smallest absolute Gasteiger partial charge is 0.0349 e. The van der Waals surface area contributed by atoms with E-state index in [1.165, 1.54) is 36.0 Å². The van der Waals surface area contributed by atoms with E-state index in [1.54, 1.807) is 10.4 Å². The molecule has 0 saturated heterocycles. The lowest BCUT2D eigenvalue weighted by Gasteiger charge is -2.26. The normalized spacial score (nSPS) is 16.1. The molecule has 0 saturated carbocycles. The number of hydrogen-bond donors (Lipinski definition) is 1. The van der Waals surface area contributed by atoms with Gasteiger partial charge in [-0.3, -0.25) is 4.90 Å². The van der Waals surface area contributed by atoms with Gasteiger partial charge >= 0.3 is 0 Å².